The van der Waals surface area contributed by atoms with Crippen molar-refractivity contribution in [1.29, 1.82) is 10.5 Å². The van der Waals surface area contributed by atoms with Crippen molar-refractivity contribution in [2.45, 2.75) is 10.7 Å². The number of nitrogens with zero attached hydrogens (tertiary/aromatic N) is 2. The van der Waals surface area contributed by atoms with Gasteiger partial charge in [-0.2, -0.15) is 10.5 Å². The molecule has 70 valence electrons. The summed E-state index contributed by atoms with van der Waals surface area (Å²) in [6, 6.07) is 7.66. The summed E-state index contributed by atoms with van der Waals surface area (Å²) in [6.45, 7) is 0. The van der Waals surface area contributed by atoms with Crippen LogP contribution in [-0.4, -0.2) is 0 Å². The molecule has 2 nitrogen and oxygen atoms in total. The zero-order valence-electron chi connectivity index (χ0n) is 7.22. The van der Waals surface area contributed by atoms with Crippen molar-refractivity contribution in [2.24, 2.45) is 0 Å². The fourth-order valence-electron chi connectivity index (χ4n) is 1.12. The van der Waals surface area contributed by atoms with Gasteiger partial charge in [-0.15, -0.1) is 0 Å². The van der Waals surface area contributed by atoms with Crippen LogP contribution in [0, 0.1) is 22.7 Å². The maximum Gasteiger partial charge on any atom is 0.0995 e. The summed E-state index contributed by atoms with van der Waals surface area (Å²) >= 11 is 6.62. The van der Waals surface area contributed by atoms with E-state index >= 15 is 0 Å². The van der Waals surface area contributed by atoms with Crippen molar-refractivity contribution < 1.29 is 0 Å². The van der Waals surface area contributed by atoms with Crippen LogP contribution >= 0.6 is 31.9 Å². The Morgan fingerprint density at radius 3 is 1.64 bits per heavy atom. The van der Waals surface area contributed by atoms with Crippen LogP contribution in [0.5, 0.6) is 0 Å². The molecule has 0 spiro atoms. The van der Waals surface area contributed by atoms with Crippen molar-refractivity contribution >= 4 is 31.9 Å². The first-order chi connectivity index (χ1) is 6.76. The molecular formula is C10H6Br2N2. The van der Waals surface area contributed by atoms with E-state index in [-0.39, 0.29) is 0 Å². The van der Waals surface area contributed by atoms with Crippen LogP contribution in [0.1, 0.15) is 22.3 Å². The summed E-state index contributed by atoms with van der Waals surface area (Å²) in [5.41, 5.74) is 2.95. The molecule has 4 heteroatoms. The highest BCUT2D eigenvalue weighted by molar-refractivity contribution is 9.08. The van der Waals surface area contributed by atoms with E-state index < -0.39 is 0 Å². The quantitative estimate of drug-likeness (QED) is 0.787. The summed E-state index contributed by atoms with van der Waals surface area (Å²) < 4.78 is 0. The maximum atomic E-state index is 8.84. The minimum atomic E-state index is 0.558. The summed E-state index contributed by atoms with van der Waals surface area (Å²) in [5, 5.41) is 18.9. The van der Waals surface area contributed by atoms with E-state index in [1.807, 2.05) is 6.07 Å². The van der Waals surface area contributed by atoms with Crippen LogP contribution in [0.4, 0.5) is 0 Å². The van der Waals surface area contributed by atoms with Crippen molar-refractivity contribution in [3.63, 3.8) is 0 Å². The predicted octanol–water partition coefficient (Wildman–Crippen LogP) is 3.22. The lowest BCUT2D eigenvalue weighted by Gasteiger charge is -2.04. The van der Waals surface area contributed by atoms with Crippen LogP contribution in [0.15, 0.2) is 12.1 Å². The molecule has 0 N–H and O–H groups in total. The molecule has 0 aliphatic rings. The lowest BCUT2D eigenvalue weighted by Crippen LogP contribution is -1.93. The van der Waals surface area contributed by atoms with Crippen molar-refractivity contribution in [3.05, 3.63) is 34.4 Å². The van der Waals surface area contributed by atoms with E-state index in [4.69, 9.17) is 10.5 Å². The number of halogens is 2. The van der Waals surface area contributed by atoms with Crippen molar-refractivity contribution in [3.8, 4) is 12.1 Å². The molecule has 0 heterocycles. The average molecular weight is 314 g/mol. The summed E-state index contributed by atoms with van der Waals surface area (Å²) in [6.07, 6.45) is 0. The van der Waals surface area contributed by atoms with Crippen molar-refractivity contribution in [2.75, 3.05) is 0 Å². The van der Waals surface area contributed by atoms with Gasteiger partial charge >= 0.3 is 0 Å². The predicted molar refractivity (Wildman–Crippen MR) is 61.1 cm³/mol. The zero-order chi connectivity index (χ0) is 10.6. The van der Waals surface area contributed by atoms with Gasteiger partial charge in [0.25, 0.3) is 0 Å². The van der Waals surface area contributed by atoms with Crippen LogP contribution < -0.4 is 0 Å². The smallest absolute Gasteiger partial charge is 0.0995 e. The van der Waals surface area contributed by atoms with Gasteiger partial charge in [0.1, 0.15) is 0 Å². The minimum Gasteiger partial charge on any atom is -0.192 e. The monoisotopic (exact) mass is 312 g/mol. The molecule has 0 aliphatic carbocycles. The highest BCUT2D eigenvalue weighted by Crippen LogP contribution is 2.20. The maximum absolute atomic E-state index is 8.84. The normalized spacial score (nSPS) is 9.14. The molecule has 0 bridgehead atoms. The van der Waals surface area contributed by atoms with Crippen LogP contribution in [-0.2, 0) is 10.7 Å². The molecule has 0 unspecified atom stereocenters. The molecule has 0 amide bonds. The van der Waals surface area contributed by atoms with Gasteiger partial charge in [0.2, 0.25) is 0 Å². The second-order valence-electron chi connectivity index (χ2n) is 2.66. The molecule has 0 aliphatic heterocycles. The highest BCUT2D eigenvalue weighted by atomic mass is 79.9. The van der Waals surface area contributed by atoms with Gasteiger partial charge < -0.3 is 0 Å². The Bertz CT molecular complexity index is 390. The number of hydrogen-bond acceptors (Lipinski definition) is 2. The molecule has 1 aromatic carbocycles. The molecule has 0 saturated carbocycles. The van der Waals surface area contributed by atoms with Gasteiger partial charge in [0.05, 0.1) is 23.3 Å². The molecule has 1 aromatic rings. The van der Waals surface area contributed by atoms with E-state index in [9.17, 15) is 0 Å². The zero-order valence-corrected chi connectivity index (χ0v) is 10.4. The number of hydrogen-bond donors (Lipinski definition) is 0. The third kappa shape index (κ3) is 2.15. The van der Waals surface area contributed by atoms with Crippen molar-refractivity contribution in [1.82, 2.24) is 0 Å². The Morgan fingerprint density at radius 2 is 1.36 bits per heavy atom. The third-order valence-corrected chi connectivity index (χ3v) is 3.07. The largest absolute Gasteiger partial charge is 0.192 e. The summed E-state index contributed by atoms with van der Waals surface area (Å²) in [4.78, 5) is 0. The summed E-state index contributed by atoms with van der Waals surface area (Å²) in [5.74, 6) is 0. The number of nitriles is 2. The van der Waals surface area contributed by atoms with Gasteiger partial charge in [-0.1, -0.05) is 37.9 Å². The lowest BCUT2D eigenvalue weighted by molar-refractivity contribution is 1.29. The van der Waals surface area contributed by atoms with E-state index in [0.717, 1.165) is 11.1 Å². The molecule has 0 fully saturated rings. The lowest BCUT2D eigenvalue weighted by atomic mass is 10.0. The average Bonchev–Trinajstić information content (AvgIpc) is 2.26. The molecule has 14 heavy (non-hydrogen) atoms. The molecule has 0 aromatic heterocycles. The molecule has 0 atom stereocenters. The second kappa shape index (κ2) is 5.14. The van der Waals surface area contributed by atoms with Crippen LogP contribution in [0.25, 0.3) is 0 Å². The standard InChI is InChI=1S/C10H6Br2N2/c11-3-7-1-8(4-12)10(6-14)2-9(7)5-13/h1-2H,3-4H2. The first-order valence-electron chi connectivity index (χ1n) is 3.84. The van der Waals surface area contributed by atoms with Crippen LogP contribution in [0.3, 0.4) is 0 Å². The second-order valence-corrected chi connectivity index (χ2v) is 3.78. The Hall–Kier alpha value is -0.840. The Balaban J connectivity index is 3.39. The third-order valence-electron chi connectivity index (χ3n) is 1.86. The fourth-order valence-corrected chi connectivity index (χ4v) is 2.05. The van der Waals surface area contributed by atoms with E-state index in [0.29, 0.717) is 21.8 Å². The van der Waals surface area contributed by atoms with Crippen LogP contribution in [0.2, 0.25) is 0 Å². The fraction of sp³-hybridized carbons (Fsp3) is 0.200. The first-order valence-corrected chi connectivity index (χ1v) is 6.09. The molecule has 1 rings (SSSR count). The Labute approximate surface area is 99.4 Å². The van der Waals surface area contributed by atoms with Gasteiger partial charge in [0.15, 0.2) is 0 Å². The van der Waals surface area contributed by atoms with Gasteiger partial charge in [-0.05, 0) is 17.2 Å². The SMILES string of the molecule is N#Cc1cc(C#N)c(CBr)cc1CBr. The molecular weight excluding hydrogens is 308 g/mol. The number of rotatable bonds is 2. The molecule has 0 radical (unpaired) electrons. The van der Waals surface area contributed by atoms with Gasteiger partial charge in [0, 0.05) is 10.7 Å². The van der Waals surface area contributed by atoms with Gasteiger partial charge in [-0.3, -0.25) is 0 Å². The van der Waals surface area contributed by atoms with E-state index in [1.165, 1.54) is 0 Å². The van der Waals surface area contributed by atoms with E-state index in [2.05, 4.69) is 44.0 Å². The van der Waals surface area contributed by atoms with E-state index in [1.54, 1.807) is 6.07 Å². The summed E-state index contributed by atoms with van der Waals surface area (Å²) in [7, 11) is 0. The number of benzene rings is 1. The van der Waals surface area contributed by atoms with Gasteiger partial charge in [-0.25, -0.2) is 0 Å². The minimum absolute atomic E-state index is 0.558. The molecule has 0 saturated heterocycles. The Kier molecular flexibility index (Phi) is 4.13. The number of alkyl halides is 2. The first kappa shape index (κ1) is 11.2. The Morgan fingerprint density at radius 1 is 0.929 bits per heavy atom. The topological polar surface area (TPSA) is 47.6 Å². The highest BCUT2D eigenvalue weighted by Gasteiger charge is 2.07.